The number of halogens is 2. The Hall–Kier alpha value is -1.91. The maximum absolute atomic E-state index is 12.1. The van der Waals surface area contributed by atoms with Gasteiger partial charge in [-0.15, -0.1) is 0 Å². The summed E-state index contributed by atoms with van der Waals surface area (Å²) in [6.07, 6.45) is 2.26. The van der Waals surface area contributed by atoms with Crippen LogP contribution in [0, 0.1) is 6.92 Å². The number of hydrogen-bond donors (Lipinski definition) is 2. The van der Waals surface area contributed by atoms with Crippen LogP contribution in [0.1, 0.15) is 17.5 Å². The van der Waals surface area contributed by atoms with Crippen LogP contribution in [0.25, 0.3) is 0 Å². The van der Waals surface area contributed by atoms with E-state index in [2.05, 4.69) is 40.7 Å². The SMILES string of the molecule is Cc1ccc2c(c1)CCCN2CCNC(=O)Nc1cccc(Cl)c1Cl. The molecule has 0 atom stereocenters. The van der Waals surface area contributed by atoms with Gasteiger partial charge in [0, 0.05) is 25.3 Å². The number of carbonyl (C=O) groups is 1. The number of hydrogen-bond acceptors (Lipinski definition) is 2. The van der Waals surface area contributed by atoms with E-state index in [-0.39, 0.29) is 6.03 Å². The lowest BCUT2D eigenvalue weighted by molar-refractivity contribution is 0.252. The van der Waals surface area contributed by atoms with Crippen LogP contribution in [0.15, 0.2) is 36.4 Å². The molecule has 1 aliphatic rings. The molecule has 1 aliphatic heterocycles. The van der Waals surface area contributed by atoms with E-state index in [4.69, 9.17) is 23.2 Å². The standard InChI is InChI=1S/C19H21Cl2N3O/c1-13-7-8-17-14(12-13)4-3-10-24(17)11-9-22-19(25)23-16-6-2-5-15(20)18(16)21/h2,5-8,12H,3-4,9-11H2,1H3,(H2,22,23,25). The molecule has 0 saturated heterocycles. The third-order valence-corrected chi connectivity index (χ3v) is 5.14. The van der Waals surface area contributed by atoms with E-state index in [9.17, 15) is 4.79 Å². The lowest BCUT2D eigenvalue weighted by Crippen LogP contribution is -2.39. The number of aryl methyl sites for hydroxylation is 2. The van der Waals surface area contributed by atoms with Crippen LogP contribution in [-0.4, -0.2) is 25.7 Å². The highest BCUT2D eigenvalue weighted by Crippen LogP contribution is 2.29. The fourth-order valence-corrected chi connectivity index (χ4v) is 3.46. The van der Waals surface area contributed by atoms with Gasteiger partial charge in [-0.2, -0.15) is 0 Å². The number of nitrogens with one attached hydrogen (secondary N) is 2. The van der Waals surface area contributed by atoms with E-state index in [1.807, 2.05) is 0 Å². The van der Waals surface area contributed by atoms with Crippen molar-refractivity contribution >= 4 is 40.6 Å². The van der Waals surface area contributed by atoms with Crippen molar-refractivity contribution in [3.05, 3.63) is 57.6 Å². The van der Waals surface area contributed by atoms with Crippen molar-refractivity contribution in [1.29, 1.82) is 0 Å². The van der Waals surface area contributed by atoms with Crippen molar-refractivity contribution in [2.75, 3.05) is 29.9 Å². The number of amides is 2. The largest absolute Gasteiger partial charge is 0.370 e. The molecule has 4 nitrogen and oxygen atoms in total. The van der Waals surface area contributed by atoms with Crippen molar-refractivity contribution in [3.63, 3.8) is 0 Å². The Labute approximate surface area is 158 Å². The zero-order valence-electron chi connectivity index (χ0n) is 14.1. The quantitative estimate of drug-likeness (QED) is 0.797. The molecule has 6 heteroatoms. The number of nitrogens with zero attached hydrogens (tertiary/aromatic N) is 1. The van der Waals surface area contributed by atoms with Gasteiger partial charge in [0.2, 0.25) is 0 Å². The Balaban J connectivity index is 1.53. The summed E-state index contributed by atoms with van der Waals surface area (Å²) in [4.78, 5) is 14.4. The molecule has 0 spiro atoms. The zero-order valence-corrected chi connectivity index (χ0v) is 15.6. The molecule has 25 heavy (non-hydrogen) atoms. The van der Waals surface area contributed by atoms with Gasteiger partial charge in [0.1, 0.15) is 0 Å². The third-order valence-electron chi connectivity index (χ3n) is 4.32. The molecule has 0 radical (unpaired) electrons. The first-order valence-electron chi connectivity index (χ1n) is 8.38. The van der Waals surface area contributed by atoms with Gasteiger partial charge >= 0.3 is 6.03 Å². The molecule has 0 fully saturated rings. The van der Waals surface area contributed by atoms with Crippen LogP contribution >= 0.6 is 23.2 Å². The summed E-state index contributed by atoms with van der Waals surface area (Å²) in [5.74, 6) is 0. The van der Waals surface area contributed by atoms with Crippen molar-refractivity contribution in [2.24, 2.45) is 0 Å². The second-order valence-electron chi connectivity index (χ2n) is 6.21. The van der Waals surface area contributed by atoms with Gasteiger partial charge in [0.05, 0.1) is 15.7 Å². The van der Waals surface area contributed by atoms with Gasteiger partial charge in [-0.3, -0.25) is 0 Å². The van der Waals surface area contributed by atoms with E-state index in [0.29, 0.717) is 22.3 Å². The number of urea groups is 1. The maximum Gasteiger partial charge on any atom is 0.319 e. The van der Waals surface area contributed by atoms with Crippen molar-refractivity contribution < 1.29 is 4.79 Å². The molecule has 0 bridgehead atoms. The van der Waals surface area contributed by atoms with Gasteiger partial charge in [0.25, 0.3) is 0 Å². The second kappa shape index (κ2) is 7.98. The molecule has 0 aromatic heterocycles. The average Bonchev–Trinajstić information content (AvgIpc) is 2.59. The zero-order chi connectivity index (χ0) is 17.8. The Morgan fingerprint density at radius 1 is 1.24 bits per heavy atom. The summed E-state index contributed by atoms with van der Waals surface area (Å²) in [5.41, 5.74) is 4.46. The van der Waals surface area contributed by atoms with Crippen LogP contribution in [0.3, 0.4) is 0 Å². The Kier molecular flexibility index (Phi) is 5.71. The van der Waals surface area contributed by atoms with Crippen LogP contribution < -0.4 is 15.5 Å². The average molecular weight is 378 g/mol. The van der Waals surface area contributed by atoms with Crippen LogP contribution in [0.2, 0.25) is 10.0 Å². The number of anilines is 2. The molecule has 2 aromatic carbocycles. The van der Waals surface area contributed by atoms with E-state index in [1.165, 1.54) is 16.8 Å². The summed E-state index contributed by atoms with van der Waals surface area (Å²) >= 11 is 12.0. The first-order valence-corrected chi connectivity index (χ1v) is 9.13. The minimum atomic E-state index is -0.287. The minimum Gasteiger partial charge on any atom is -0.370 e. The second-order valence-corrected chi connectivity index (χ2v) is 6.99. The number of carbonyl (C=O) groups excluding carboxylic acids is 1. The minimum absolute atomic E-state index is 0.287. The molecule has 0 saturated carbocycles. The summed E-state index contributed by atoms with van der Waals surface area (Å²) in [6.45, 7) is 4.45. The predicted octanol–water partition coefficient (Wildman–Crippen LogP) is 4.88. The van der Waals surface area contributed by atoms with Gasteiger partial charge < -0.3 is 15.5 Å². The van der Waals surface area contributed by atoms with Crippen molar-refractivity contribution in [2.45, 2.75) is 19.8 Å². The highest BCUT2D eigenvalue weighted by atomic mass is 35.5. The Bertz CT molecular complexity index is 779. The van der Waals surface area contributed by atoms with Crippen LogP contribution in [0.5, 0.6) is 0 Å². The molecular weight excluding hydrogens is 357 g/mol. The van der Waals surface area contributed by atoms with Crippen LogP contribution in [-0.2, 0) is 6.42 Å². The molecule has 3 rings (SSSR count). The van der Waals surface area contributed by atoms with Crippen LogP contribution in [0.4, 0.5) is 16.2 Å². The molecule has 132 valence electrons. The molecule has 2 N–H and O–H groups in total. The smallest absolute Gasteiger partial charge is 0.319 e. The first-order chi connectivity index (χ1) is 12.0. The van der Waals surface area contributed by atoms with Gasteiger partial charge in [-0.1, -0.05) is 47.0 Å². The highest BCUT2D eigenvalue weighted by Gasteiger charge is 2.16. The fourth-order valence-electron chi connectivity index (χ4n) is 3.11. The summed E-state index contributed by atoms with van der Waals surface area (Å²) in [6, 6.07) is 11.4. The number of fused-ring (bicyclic) bond motifs is 1. The molecule has 0 unspecified atom stereocenters. The van der Waals surface area contributed by atoms with Crippen molar-refractivity contribution in [1.82, 2.24) is 5.32 Å². The lowest BCUT2D eigenvalue weighted by atomic mass is 10.00. The monoisotopic (exact) mass is 377 g/mol. The van der Waals surface area contributed by atoms with E-state index >= 15 is 0 Å². The normalized spacial score (nSPS) is 13.3. The lowest BCUT2D eigenvalue weighted by Gasteiger charge is -2.31. The molecule has 1 heterocycles. The van der Waals surface area contributed by atoms with E-state index in [1.54, 1.807) is 18.2 Å². The summed E-state index contributed by atoms with van der Waals surface area (Å²) in [5, 5.41) is 6.37. The molecule has 2 aromatic rings. The topological polar surface area (TPSA) is 44.4 Å². The molecule has 0 aliphatic carbocycles. The van der Waals surface area contributed by atoms with Crippen molar-refractivity contribution in [3.8, 4) is 0 Å². The Morgan fingerprint density at radius 3 is 2.92 bits per heavy atom. The Morgan fingerprint density at radius 2 is 2.08 bits per heavy atom. The highest BCUT2D eigenvalue weighted by molar-refractivity contribution is 6.43. The number of rotatable bonds is 4. The fraction of sp³-hybridized carbons (Fsp3) is 0.316. The van der Waals surface area contributed by atoms with Gasteiger partial charge in [0.15, 0.2) is 0 Å². The van der Waals surface area contributed by atoms with E-state index < -0.39 is 0 Å². The number of benzene rings is 2. The third kappa shape index (κ3) is 4.39. The first kappa shape index (κ1) is 17.9. The van der Waals surface area contributed by atoms with Gasteiger partial charge in [-0.25, -0.2) is 4.79 Å². The predicted molar refractivity (Wildman–Crippen MR) is 105 cm³/mol. The summed E-state index contributed by atoms with van der Waals surface area (Å²) < 4.78 is 0. The maximum atomic E-state index is 12.1. The van der Waals surface area contributed by atoms with Gasteiger partial charge in [-0.05, 0) is 43.5 Å². The summed E-state index contributed by atoms with van der Waals surface area (Å²) in [7, 11) is 0. The molecule has 2 amide bonds. The van der Waals surface area contributed by atoms with E-state index in [0.717, 1.165) is 25.9 Å². The molecular formula is C19H21Cl2N3O.